The van der Waals surface area contributed by atoms with Gasteiger partial charge < -0.3 is 23.9 Å². The molecule has 0 fully saturated rings. The number of aromatic nitrogens is 1. The Balaban J connectivity index is 2.43. The molecule has 0 unspecified atom stereocenters. The second kappa shape index (κ2) is 15.8. The molecule has 0 atom stereocenters. The summed E-state index contributed by atoms with van der Waals surface area (Å²) in [6.45, 7) is 8.22. The predicted octanol–water partition coefficient (Wildman–Crippen LogP) is 7.15. The highest BCUT2D eigenvalue weighted by Crippen LogP contribution is 2.38. The molecule has 3 aromatic rings. The number of H-pyrrole nitrogens is 1. The summed E-state index contributed by atoms with van der Waals surface area (Å²) in [5.41, 5.74) is -0.199. The van der Waals surface area contributed by atoms with E-state index in [0.717, 1.165) is 25.7 Å². The summed E-state index contributed by atoms with van der Waals surface area (Å²) in [6, 6.07) is 7.14. The molecule has 0 radical (unpaired) electrons. The lowest BCUT2D eigenvalue weighted by atomic mass is 9.90. The molecular formula is C32H41NO8. The normalized spacial score (nSPS) is 11.0. The van der Waals surface area contributed by atoms with E-state index in [4.69, 9.17) is 18.9 Å². The van der Waals surface area contributed by atoms with Crippen LogP contribution < -0.4 is 0 Å². The van der Waals surface area contributed by atoms with E-state index < -0.39 is 23.9 Å². The Kier molecular flexibility index (Phi) is 12.2. The summed E-state index contributed by atoms with van der Waals surface area (Å²) in [5, 5.41) is 0.873. The topological polar surface area (TPSA) is 121 Å². The van der Waals surface area contributed by atoms with E-state index in [1.54, 1.807) is 24.3 Å². The van der Waals surface area contributed by atoms with E-state index in [1.165, 1.54) is 0 Å². The Morgan fingerprint density at radius 1 is 0.561 bits per heavy atom. The van der Waals surface area contributed by atoms with E-state index >= 15 is 0 Å². The SMILES string of the molecule is CCCCOC(=O)c1c(C(=O)OCCCC)c(C(=O)OCCCC)c2c([nH]c3ccccc32)c1C(=O)OCCCC. The van der Waals surface area contributed by atoms with Crippen LogP contribution in [0.25, 0.3) is 21.8 Å². The van der Waals surface area contributed by atoms with Gasteiger partial charge in [-0.3, -0.25) is 0 Å². The molecular weight excluding hydrogens is 526 g/mol. The van der Waals surface area contributed by atoms with Crippen LogP contribution in [-0.4, -0.2) is 55.3 Å². The van der Waals surface area contributed by atoms with E-state index in [1.807, 2.05) is 27.7 Å². The van der Waals surface area contributed by atoms with Crippen molar-refractivity contribution in [2.45, 2.75) is 79.1 Å². The Labute approximate surface area is 240 Å². The fourth-order valence-electron chi connectivity index (χ4n) is 4.43. The summed E-state index contributed by atoms with van der Waals surface area (Å²) in [4.78, 5) is 58.1. The van der Waals surface area contributed by atoms with Crippen LogP contribution in [0.15, 0.2) is 24.3 Å². The molecule has 3 rings (SSSR count). The quantitative estimate of drug-likeness (QED) is 0.110. The average Bonchev–Trinajstić information content (AvgIpc) is 3.35. The first-order valence-corrected chi connectivity index (χ1v) is 14.7. The number of aromatic amines is 1. The lowest BCUT2D eigenvalue weighted by Gasteiger charge is -2.18. The third-order valence-corrected chi connectivity index (χ3v) is 6.70. The summed E-state index contributed by atoms with van der Waals surface area (Å²) >= 11 is 0. The molecule has 2 aromatic carbocycles. The molecule has 1 heterocycles. The summed E-state index contributed by atoms with van der Waals surface area (Å²) < 4.78 is 22.3. The largest absolute Gasteiger partial charge is 0.462 e. The van der Waals surface area contributed by atoms with Gasteiger partial charge in [0.1, 0.15) is 0 Å². The number of nitrogens with one attached hydrogen (secondary N) is 1. The van der Waals surface area contributed by atoms with Gasteiger partial charge in [-0.2, -0.15) is 0 Å². The number of ether oxygens (including phenoxy) is 4. The van der Waals surface area contributed by atoms with Crippen LogP contribution in [0.5, 0.6) is 0 Å². The monoisotopic (exact) mass is 567 g/mol. The van der Waals surface area contributed by atoms with Crippen molar-refractivity contribution in [3.8, 4) is 0 Å². The first-order chi connectivity index (χ1) is 19.9. The molecule has 0 aliphatic rings. The van der Waals surface area contributed by atoms with Crippen LogP contribution >= 0.6 is 0 Å². The van der Waals surface area contributed by atoms with Crippen LogP contribution in [0.4, 0.5) is 0 Å². The van der Waals surface area contributed by atoms with Crippen molar-refractivity contribution in [3.05, 3.63) is 46.5 Å². The maximum atomic E-state index is 13.8. The summed E-state index contributed by atoms with van der Waals surface area (Å²) in [5.74, 6) is -3.40. The number of rotatable bonds is 16. The third-order valence-electron chi connectivity index (χ3n) is 6.70. The third kappa shape index (κ3) is 7.45. The molecule has 0 saturated heterocycles. The zero-order valence-electron chi connectivity index (χ0n) is 24.6. The van der Waals surface area contributed by atoms with Gasteiger partial charge in [-0.05, 0) is 31.7 Å². The number of fused-ring (bicyclic) bond motifs is 3. The average molecular weight is 568 g/mol. The first-order valence-electron chi connectivity index (χ1n) is 14.7. The Bertz CT molecular complexity index is 1370. The van der Waals surface area contributed by atoms with Crippen molar-refractivity contribution in [1.82, 2.24) is 4.98 Å². The molecule has 9 heteroatoms. The molecule has 1 N–H and O–H groups in total. The highest BCUT2D eigenvalue weighted by molar-refractivity contribution is 6.28. The van der Waals surface area contributed by atoms with E-state index in [2.05, 4.69) is 4.98 Å². The molecule has 0 saturated carbocycles. The van der Waals surface area contributed by atoms with Crippen LogP contribution in [0.3, 0.4) is 0 Å². The molecule has 1 aromatic heterocycles. The lowest BCUT2D eigenvalue weighted by Crippen LogP contribution is -2.25. The lowest BCUT2D eigenvalue weighted by molar-refractivity contribution is 0.0419. The van der Waals surface area contributed by atoms with Gasteiger partial charge in [0, 0.05) is 16.3 Å². The molecule has 0 amide bonds. The molecule has 0 spiro atoms. The smallest absolute Gasteiger partial charge is 0.341 e. The van der Waals surface area contributed by atoms with Gasteiger partial charge in [-0.25, -0.2) is 19.2 Å². The van der Waals surface area contributed by atoms with Crippen molar-refractivity contribution >= 4 is 45.7 Å². The van der Waals surface area contributed by atoms with Crippen molar-refractivity contribution < 1.29 is 38.1 Å². The second-order valence-electron chi connectivity index (χ2n) is 9.88. The summed E-state index contributed by atoms with van der Waals surface area (Å²) in [7, 11) is 0. The van der Waals surface area contributed by atoms with Gasteiger partial charge in [-0.1, -0.05) is 71.6 Å². The van der Waals surface area contributed by atoms with Gasteiger partial charge in [0.05, 0.1) is 54.2 Å². The first kappa shape index (κ1) is 31.6. The van der Waals surface area contributed by atoms with E-state index in [9.17, 15) is 19.2 Å². The predicted molar refractivity (Wildman–Crippen MR) is 157 cm³/mol. The number of hydrogen-bond donors (Lipinski definition) is 1. The van der Waals surface area contributed by atoms with Crippen molar-refractivity contribution in [3.63, 3.8) is 0 Å². The van der Waals surface area contributed by atoms with Gasteiger partial charge in [0.15, 0.2) is 0 Å². The number of para-hydroxylation sites is 1. The fraction of sp³-hybridized carbons (Fsp3) is 0.500. The summed E-state index contributed by atoms with van der Waals surface area (Å²) in [6.07, 6.45) is 5.51. The van der Waals surface area contributed by atoms with Crippen LogP contribution in [0, 0.1) is 0 Å². The van der Waals surface area contributed by atoms with Crippen molar-refractivity contribution in [1.29, 1.82) is 0 Å². The second-order valence-corrected chi connectivity index (χ2v) is 9.88. The van der Waals surface area contributed by atoms with E-state index in [0.29, 0.717) is 36.6 Å². The highest BCUT2D eigenvalue weighted by atomic mass is 16.5. The van der Waals surface area contributed by atoms with Crippen LogP contribution in [0.2, 0.25) is 0 Å². The number of carbonyl (C=O) groups is 4. The van der Waals surface area contributed by atoms with Crippen molar-refractivity contribution in [2.75, 3.05) is 26.4 Å². The molecule has 9 nitrogen and oxygen atoms in total. The van der Waals surface area contributed by atoms with Gasteiger partial charge in [-0.15, -0.1) is 0 Å². The minimum atomic E-state index is -0.911. The molecule has 222 valence electrons. The zero-order valence-corrected chi connectivity index (χ0v) is 24.6. The number of esters is 4. The van der Waals surface area contributed by atoms with Crippen LogP contribution in [0.1, 0.15) is 120 Å². The minimum absolute atomic E-state index is 0.0744. The molecule has 0 bridgehead atoms. The molecule has 0 aliphatic carbocycles. The van der Waals surface area contributed by atoms with Gasteiger partial charge in [0.2, 0.25) is 0 Å². The number of hydrogen-bond acceptors (Lipinski definition) is 8. The van der Waals surface area contributed by atoms with E-state index in [-0.39, 0.29) is 59.6 Å². The molecule has 41 heavy (non-hydrogen) atoms. The highest BCUT2D eigenvalue weighted by Gasteiger charge is 2.37. The molecule has 0 aliphatic heterocycles. The Hall–Kier alpha value is -3.88. The Morgan fingerprint density at radius 3 is 1.41 bits per heavy atom. The Morgan fingerprint density at radius 2 is 0.951 bits per heavy atom. The van der Waals surface area contributed by atoms with Gasteiger partial charge in [0.25, 0.3) is 0 Å². The minimum Gasteiger partial charge on any atom is -0.462 e. The standard InChI is InChI=1S/C32H41NO8/c1-5-9-17-38-29(34)24-23-21-15-13-14-16-22(21)33-28(23)27(32(37)41-20-12-8-4)26(31(36)40-19-11-7-3)25(24)30(35)39-18-10-6-2/h13-16,33H,5-12,17-20H2,1-4H3. The fourth-order valence-corrected chi connectivity index (χ4v) is 4.43. The van der Waals surface area contributed by atoms with Crippen molar-refractivity contribution in [2.24, 2.45) is 0 Å². The number of carbonyl (C=O) groups excluding carboxylic acids is 4. The zero-order chi connectivity index (χ0) is 29.8. The maximum absolute atomic E-state index is 13.8. The van der Waals surface area contributed by atoms with Crippen LogP contribution in [-0.2, 0) is 18.9 Å². The number of benzene rings is 2. The number of unbranched alkanes of at least 4 members (excludes halogenated alkanes) is 4. The maximum Gasteiger partial charge on any atom is 0.341 e. The van der Waals surface area contributed by atoms with Gasteiger partial charge >= 0.3 is 23.9 Å².